The highest BCUT2D eigenvalue weighted by Crippen LogP contribution is 2.10. The van der Waals surface area contributed by atoms with E-state index < -0.39 is 18.2 Å². The third-order valence-electron chi connectivity index (χ3n) is 1.70. The van der Waals surface area contributed by atoms with E-state index in [1.165, 1.54) is 6.08 Å². The van der Waals surface area contributed by atoms with Gasteiger partial charge in [-0.2, -0.15) is 0 Å². The van der Waals surface area contributed by atoms with Gasteiger partial charge in [-0.25, -0.2) is 9.18 Å². The topological polar surface area (TPSA) is 78.3 Å². The molecule has 0 saturated carbocycles. The first-order valence-corrected chi connectivity index (χ1v) is 4.40. The largest absolute Gasteiger partial charge is 0.464 e. The summed E-state index contributed by atoms with van der Waals surface area (Å²) in [5.74, 6) is -0.768. The minimum atomic E-state index is -1.69. The van der Waals surface area contributed by atoms with Crippen molar-refractivity contribution in [2.24, 2.45) is 11.5 Å². The maximum absolute atomic E-state index is 12.6. The number of rotatable bonds is 5. The van der Waals surface area contributed by atoms with Crippen molar-refractivity contribution in [2.45, 2.75) is 19.4 Å². The van der Waals surface area contributed by atoms with Crippen molar-refractivity contribution in [3.8, 4) is 0 Å². The molecule has 5 heteroatoms. The molecule has 0 radical (unpaired) electrons. The first-order valence-electron chi connectivity index (χ1n) is 4.40. The number of ether oxygens (including phenoxy) is 1. The molecule has 0 saturated heterocycles. The van der Waals surface area contributed by atoms with Crippen LogP contribution in [0.5, 0.6) is 0 Å². The van der Waals surface area contributed by atoms with Gasteiger partial charge in [-0.3, -0.25) is 0 Å². The van der Waals surface area contributed by atoms with Gasteiger partial charge in [0, 0.05) is 6.54 Å². The molecule has 0 fully saturated rings. The van der Waals surface area contributed by atoms with Gasteiger partial charge in [0.2, 0.25) is 0 Å². The van der Waals surface area contributed by atoms with E-state index in [0.29, 0.717) is 5.57 Å². The Kier molecular flexibility index (Phi) is 5.34. The van der Waals surface area contributed by atoms with Gasteiger partial charge in [-0.1, -0.05) is 11.6 Å². The Morgan fingerprint density at radius 2 is 2.21 bits per heavy atom. The third kappa shape index (κ3) is 3.43. The Labute approximate surface area is 83.1 Å². The van der Waals surface area contributed by atoms with E-state index in [4.69, 9.17) is 11.5 Å². The summed E-state index contributed by atoms with van der Waals surface area (Å²) in [5.41, 5.74) is 9.79. The lowest BCUT2D eigenvalue weighted by Gasteiger charge is -2.20. The molecule has 14 heavy (non-hydrogen) atoms. The molecule has 1 atom stereocenters. The zero-order valence-corrected chi connectivity index (χ0v) is 8.55. The van der Waals surface area contributed by atoms with Crippen molar-refractivity contribution in [1.29, 1.82) is 0 Å². The summed E-state index contributed by atoms with van der Waals surface area (Å²) in [6, 6.07) is 0. The number of carbonyl (C=O) groups excluding carboxylic acids is 1. The third-order valence-corrected chi connectivity index (χ3v) is 1.70. The number of hydrogen-bond acceptors (Lipinski definition) is 4. The van der Waals surface area contributed by atoms with Crippen LogP contribution in [0.25, 0.3) is 0 Å². The molecule has 1 unspecified atom stereocenters. The Balaban J connectivity index is 4.70. The minimum absolute atomic E-state index is 0.174. The lowest BCUT2D eigenvalue weighted by Crippen LogP contribution is -2.49. The molecule has 0 heterocycles. The molecule has 4 nitrogen and oxygen atoms in total. The van der Waals surface area contributed by atoms with E-state index in [0.717, 1.165) is 0 Å². The first kappa shape index (κ1) is 13.1. The van der Waals surface area contributed by atoms with Crippen molar-refractivity contribution in [1.82, 2.24) is 0 Å². The van der Waals surface area contributed by atoms with E-state index >= 15 is 0 Å². The van der Waals surface area contributed by atoms with Crippen molar-refractivity contribution in [2.75, 3.05) is 19.8 Å². The standard InChI is InChI=1S/C9H17FN2O2/c1-3-14-8(13)9(12,6-10)4-7(2)5-11/h4H,3,5-6,11-12H2,1-2H3. The van der Waals surface area contributed by atoms with Crippen LogP contribution in [0.1, 0.15) is 13.8 Å². The van der Waals surface area contributed by atoms with Crippen LogP contribution in [0.15, 0.2) is 11.6 Å². The normalized spacial score (nSPS) is 16.2. The molecular formula is C9H17FN2O2. The molecule has 0 aliphatic carbocycles. The summed E-state index contributed by atoms with van der Waals surface area (Å²) in [4.78, 5) is 11.3. The molecule has 0 aromatic carbocycles. The first-order chi connectivity index (χ1) is 6.50. The molecule has 0 aromatic heterocycles. The van der Waals surface area contributed by atoms with Crippen LogP contribution >= 0.6 is 0 Å². The highest BCUT2D eigenvalue weighted by Gasteiger charge is 2.33. The second-order valence-corrected chi connectivity index (χ2v) is 3.09. The predicted molar refractivity (Wildman–Crippen MR) is 52.3 cm³/mol. The molecule has 0 bridgehead atoms. The van der Waals surface area contributed by atoms with E-state index in [9.17, 15) is 9.18 Å². The van der Waals surface area contributed by atoms with E-state index in [2.05, 4.69) is 4.74 Å². The number of hydrogen-bond donors (Lipinski definition) is 2. The average Bonchev–Trinajstić information content (AvgIpc) is 2.17. The summed E-state index contributed by atoms with van der Waals surface area (Å²) >= 11 is 0. The van der Waals surface area contributed by atoms with Gasteiger partial charge in [-0.05, 0) is 13.8 Å². The Hall–Kier alpha value is -0.940. The Morgan fingerprint density at radius 1 is 1.64 bits per heavy atom. The van der Waals surface area contributed by atoms with E-state index in [1.54, 1.807) is 13.8 Å². The van der Waals surface area contributed by atoms with Crippen LogP contribution in [0, 0.1) is 0 Å². The fraction of sp³-hybridized carbons (Fsp3) is 0.667. The summed E-state index contributed by atoms with van der Waals surface area (Å²) < 4.78 is 17.3. The molecule has 82 valence electrons. The summed E-state index contributed by atoms with van der Waals surface area (Å²) in [6.07, 6.45) is 1.31. The maximum Gasteiger partial charge on any atom is 0.332 e. The fourth-order valence-electron chi connectivity index (χ4n) is 0.916. The van der Waals surface area contributed by atoms with Gasteiger partial charge >= 0.3 is 5.97 Å². The summed E-state index contributed by atoms with van der Waals surface area (Å²) in [7, 11) is 0. The molecule has 4 N–H and O–H groups in total. The molecule has 0 spiro atoms. The fourth-order valence-corrected chi connectivity index (χ4v) is 0.916. The zero-order valence-electron chi connectivity index (χ0n) is 8.55. The highest BCUT2D eigenvalue weighted by molar-refractivity contribution is 5.83. The van der Waals surface area contributed by atoms with Gasteiger partial charge in [0.1, 0.15) is 6.67 Å². The SMILES string of the molecule is CCOC(=O)C(N)(C=C(C)CN)CF. The van der Waals surface area contributed by atoms with Crippen LogP contribution < -0.4 is 11.5 Å². The number of esters is 1. The van der Waals surface area contributed by atoms with Crippen LogP contribution in [-0.2, 0) is 9.53 Å². The van der Waals surface area contributed by atoms with Crippen LogP contribution in [0.3, 0.4) is 0 Å². The van der Waals surface area contributed by atoms with Gasteiger partial charge in [0.05, 0.1) is 6.61 Å². The van der Waals surface area contributed by atoms with Crippen molar-refractivity contribution < 1.29 is 13.9 Å². The monoisotopic (exact) mass is 204 g/mol. The average molecular weight is 204 g/mol. The quantitative estimate of drug-likeness (QED) is 0.492. The molecular weight excluding hydrogens is 187 g/mol. The van der Waals surface area contributed by atoms with Gasteiger partial charge in [-0.15, -0.1) is 0 Å². The van der Waals surface area contributed by atoms with Crippen molar-refractivity contribution in [3.63, 3.8) is 0 Å². The zero-order chi connectivity index (χ0) is 11.2. The molecule has 0 amide bonds. The molecule has 0 aliphatic heterocycles. The Bertz CT molecular complexity index is 231. The van der Waals surface area contributed by atoms with Crippen molar-refractivity contribution in [3.05, 3.63) is 11.6 Å². The minimum Gasteiger partial charge on any atom is -0.464 e. The molecule has 0 rings (SSSR count). The van der Waals surface area contributed by atoms with Crippen LogP contribution in [0.2, 0.25) is 0 Å². The maximum atomic E-state index is 12.6. The second kappa shape index (κ2) is 5.72. The lowest BCUT2D eigenvalue weighted by atomic mass is 10.00. The lowest BCUT2D eigenvalue weighted by molar-refractivity contribution is -0.148. The van der Waals surface area contributed by atoms with Gasteiger partial charge < -0.3 is 16.2 Å². The van der Waals surface area contributed by atoms with E-state index in [-0.39, 0.29) is 13.2 Å². The highest BCUT2D eigenvalue weighted by atomic mass is 19.1. The predicted octanol–water partition coefficient (Wildman–Crippen LogP) is 0.121. The number of carbonyl (C=O) groups is 1. The Morgan fingerprint density at radius 3 is 2.57 bits per heavy atom. The molecule has 0 aliphatic rings. The smallest absolute Gasteiger partial charge is 0.332 e. The second-order valence-electron chi connectivity index (χ2n) is 3.09. The van der Waals surface area contributed by atoms with Crippen LogP contribution in [0.4, 0.5) is 4.39 Å². The number of alkyl halides is 1. The number of halogens is 1. The van der Waals surface area contributed by atoms with Crippen LogP contribution in [-0.4, -0.2) is 31.3 Å². The summed E-state index contributed by atoms with van der Waals surface area (Å²) in [6.45, 7) is 2.72. The summed E-state index contributed by atoms with van der Waals surface area (Å²) in [5, 5.41) is 0. The van der Waals surface area contributed by atoms with E-state index in [1.807, 2.05) is 0 Å². The van der Waals surface area contributed by atoms with Gasteiger partial charge in [0.15, 0.2) is 5.54 Å². The van der Waals surface area contributed by atoms with Gasteiger partial charge in [0.25, 0.3) is 0 Å². The van der Waals surface area contributed by atoms with Crippen molar-refractivity contribution >= 4 is 5.97 Å². The number of nitrogens with two attached hydrogens (primary N) is 2. The molecule has 0 aromatic rings.